The zero-order valence-electron chi connectivity index (χ0n) is 39.2. The highest BCUT2D eigenvalue weighted by Gasteiger charge is 2.47. The van der Waals surface area contributed by atoms with Gasteiger partial charge in [-0.1, -0.05) is 39.5 Å². The lowest BCUT2D eigenvalue weighted by Crippen LogP contribution is -2.50. The van der Waals surface area contributed by atoms with Gasteiger partial charge in [0.2, 0.25) is 11.8 Å². The van der Waals surface area contributed by atoms with Crippen LogP contribution in [-0.2, 0) is 75.1 Å². The number of hydrogen-bond acceptors (Lipinski definition) is 16. The Bertz CT molecular complexity index is 2280. The van der Waals surface area contributed by atoms with Crippen LogP contribution in [0.3, 0.4) is 0 Å². The van der Waals surface area contributed by atoms with Crippen LogP contribution < -0.4 is 10.6 Å². The number of carbonyl (C=O) groups excluding carboxylic acids is 6. The summed E-state index contributed by atoms with van der Waals surface area (Å²) in [5.74, 6) is -7.78. The van der Waals surface area contributed by atoms with Gasteiger partial charge in [0.15, 0.2) is 0 Å². The lowest BCUT2D eigenvalue weighted by Gasteiger charge is -2.34. The molecule has 30 nitrogen and oxygen atoms in total. The molecule has 0 rings (SSSR count). The summed E-state index contributed by atoms with van der Waals surface area (Å²) in [6.07, 6.45) is -10.2. The van der Waals surface area contributed by atoms with E-state index >= 15 is 0 Å². The van der Waals surface area contributed by atoms with Gasteiger partial charge in [-0.05, 0) is 13.8 Å². The van der Waals surface area contributed by atoms with E-state index in [1.165, 1.54) is 13.8 Å². The first kappa shape index (κ1) is 69.2. The standard InChI is InChI=1S/C37H60N2O28P6/c1-23(2)29(40)38-11-35(17-68(46,47)48,18-69(49,50)51)12-39-30(41)25(5)9-26(6)32(43)65-15-37(21-72(58,59)60,22-73(61,62)63)16-67-34(45)28(8)10-27(7)33(44)66-14-36(19-70(52,53)54,20-71(55,56)57)13-64-31(42)24(3)4/h1,3,5-22H2,2,4H3,(H,38,40)(H,39,41)(H2,46,47,48)(H2,49,50,51)(H2,52,53,54)(H2,55,56,57)(H2,58,59,60)(H2,61,62,63). The predicted molar refractivity (Wildman–Crippen MR) is 254 cm³/mol. The fraction of sp³-hybridized carbons (Fsp3) is 0.514. The number of nitrogens with one attached hydrogen (secondary N) is 2. The zero-order chi connectivity index (χ0) is 57.6. The third kappa shape index (κ3) is 29.7. The fourth-order valence-corrected chi connectivity index (χ4v) is 14.1. The summed E-state index contributed by atoms with van der Waals surface area (Å²) >= 11 is 0. The van der Waals surface area contributed by atoms with Gasteiger partial charge < -0.3 is 88.3 Å². The molecule has 0 heterocycles. The molecule has 0 unspecified atom stereocenters. The Hall–Kier alpha value is -3.84. The second-order valence-electron chi connectivity index (χ2n) is 17.4. The summed E-state index contributed by atoms with van der Waals surface area (Å²) in [6, 6.07) is 0. The summed E-state index contributed by atoms with van der Waals surface area (Å²) in [6.45, 7) is 15.8. The monoisotopic (exact) mass is 1170 g/mol. The van der Waals surface area contributed by atoms with Crippen LogP contribution in [-0.4, -0.2) is 171 Å². The molecule has 0 spiro atoms. The van der Waals surface area contributed by atoms with Crippen molar-refractivity contribution in [2.45, 2.75) is 26.7 Å². The van der Waals surface area contributed by atoms with E-state index in [9.17, 15) is 115 Å². The Morgan fingerprint density at radius 1 is 0.370 bits per heavy atom. The van der Waals surface area contributed by atoms with Crippen molar-refractivity contribution in [1.82, 2.24) is 10.6 Å². The summed E-state index contributed by atoms with van der Waals surface area (Å²) in [5, 5.41) is 4.35. The lowest BCUT2D eigenvalue weighted by atomic mass is 9.92. The van der Waals surface area contributed by atoms with Crippen molar-refractivity contribution in [2.24, 2.45) is 16.2 Å². The number of hydrogen-bond donors (Lipinski definition) is 14. The summed E-state index contributed by atoms with van der Waals surface area (Å²) < 4.78 is 92.6. The Morgan fingerprint density at radius 2 is 0.603 bits per heavy atom. The summed E-state index contributed by atoms with van der Waals surface area (Å²) in [5.41, 5.74) is -10.3. The van der Waals surface area contributed by atoms with Crippen molar-refractivity contribution in [3.8, 4) is 0 Å². The van der Waals surface area contributed by atoms with E-state index in [0.29, 0.717) is 0 Å². The van der Waals surface area contributed by atoms with E-state index in [0.717, 1.165) is 0 Å². The first-order valence-corrected chi connectivity index (χ1v) is 30.9. The van der Waals surface area contributed by atoms with Crippen LogP contribution >= 0.6 is 45.6 Å². The van der Waals surface area contributed by atoms with Crippen LogP contribution in [0.1, 0.15) is 26.7 Å². The van der Waals surface area contributed by atoms with Crippen molar-refractivity contribution >= 4 is 81.3 Å². The highest BCUT2D eigenvalue weighted by molar-refractivity contribution is 7.54. The van der Waals surface area contributed by atoms with Crippen molar-refractivity contribution in [2.75, 3.05) is 76.5 Å². The van der Waals surface area contributed by atoms with Gasteiger partial charge in [-0.15, -0.1) is 0 Å². The Morgan fingerprint density at radius 3 is 0.849 bits per heavy atom. The lowest BCUT2D eigenvalue weighted by molar-refractivity contribution is -0.148. The van der Waals surface area contributed by atoms with Crippen molar-refractivity contribution in [3.05, 3.63) is 72.9 Å². The highest BCUT2D eigenvalue weighted by atomic mass is 31.2. The van der Waals surface area contributed by atoms with E-state index in [4.69, 9.17) is 18.9 Å². The van der Waals surface area contributed by atoms with Crippen molar-refractivity contribution in [3.63, 3.8) is 0 Å². The first-order valence-electron chi connectivity index (χ1n) is 20.1. The van der Waals surface area contributed by atoms with Gasteiger partial charge >= 0.3 is 69.5 Å². The largest absolute Gasteiger partial charge is 0.462 e. The van der Waals surface area contributed by atoms with E-state index in [1.54, 1.807) is 0 Å². The molecule has 0 aliphatic rings. The molecule has 0 fully saturated rings. The minimum absolute atomic E-state index is 0.101. The van der Waals surface area contributed by atoms with E-state index < -0.39 is 209 Å². The first-order chi connectivity index (χ1) is 32.5. The van der Waals surface area contributed by atoms with Crippen LogP contribution in [0.5, 0.6) is 0 Å². The zero-order valence-corrected chi connectivity index (χ0v) is 44.6. The topological polar surface area (TPSA) is 509 Å². The Labute approximate surface area is 417 Å². The Kier molecular flexibility index (Phi) is 25.8. The molecule has 0 saturated carbocycles. The van der Waals surface area contributed by atoms with Crippen LogP contribution in [0.15, 0.2) is 72.9 Å². The maximum atomic E-state index is 13.1. The molecule has 0 bridgehead atoms. The van der Waals surface area contributed by atoms with Crippen LogP contribution in [0.2, 0.25) is 0 Å². The van der Waals surface area contributed by atoms with Gasteiger partial charge in [0.1, 0.15) is 26.4 Å². The molecule has 73 heavy (non-hydrogen) atoms. The van der Waals surface area contributed by atoms with Gasteiger partial charge in [0.25, 0.3) is 0 Å². The molecular weight excluding hydrogens is 1110 g/mol. The minimum Gasteiger partial charge on any atom is -0.462 e. The van der Waals surface area contributed by atoms with Crippen LogP contribution in [0.25, 0.3) is 0 Å². The highest BCUT2D eigenvalue weighted by Crippen LogP contribution is 2.52. The maximum Gasteiger partial charge on any atom is 0.333 e. The molecule has 0 aliphatic carbocycles. The van der Waals surface area contributed by atoms with Crippen LogP contribution in [0, 0.1) is 16.2 Å². The number of amides is 2. The second kappa shape index (κ2) is 27.3. The molecule has 2 amide bonds. The van der Waals surface area contributed by atoms with Crippen LogP contribution in [0.4, 0.5) is 0 Å². The normalized spacial score (nSPS) is 12.9. The number of rotatable bonds is 34. The third-order valence-corrected chi connectivity index (χ3v) is 15.8. The number of carbonyl (C=O) groups is 6. The maximum absolute atomic E-state index is 13.1. The molecule has 0 radical (unpaired) electrons. The Balaban J connectivity index is 6.35. The quantitative estimate of drug-likeness (QED) is 0.0168. The van der Waals surface area contributed by atoms with Gasteiger partial charge in [-0.25, -0.2) is 19.2 Å². The number of esters is 4. The minimum atomic E-state index is -5.41. The average Bonchev–Trinajstić information content (AvgIpc) is 3.17. The third-order valence-electron chi connectivity index (χ3n) is 9.31. The van der Waals surface area contributed by atoms with Gasteiger partial charge in [0.05, 0.1) is 47.8 Å². The van der Waals surface area contributed by atoms with E-state index in [1.807, 2.05) is 0 Å². The van der Waals surface area contributed by atoms with E-state index in [-0.39, 0.29) is 11.1 Å². The van der Waals surface area contributed by atoms with Crippen molar-refractivity contribution < 1.29 is 134 Å². The summed E-state index contributed by atoms with van der Waals surface area (Å²) in [7, 11) is -31.5. The number of ether oxygens (including phenoxy) is 4. The molecule has 0 aromatic carbocycles. The smallest absolute Gasteiger partial charge is 0.333 e. The van der Waals surface area contributed by atoms with E-state index in [2.05, 4.69) is 50.1 Å². The molecule has 0 aromatic rings. The van der Waals surface area contributed by atoms with Gasteiger partial charge in [-0.3, -0.25) is 37.0 Å². The molecule has 0 aromatic heterocycles. The fourth-order valence-electron chi connectivity index (χ4n) is 6.43. The molecule has 416 valence electrons. The average molecular weight is 1170 g/mol. The van der Waals surface area contributed by atoms with Gasteiger partial charge in [-0.2, -0.15) is 0 Å². The molecule has 0 saturated heterocycles. The van der Waals surface area contributed by atoms with Gasteiger partial charge in [0, 0.05) is 64.8 Å². The molecule has 0 atom stereocenters. The predicted octanol–water partition coefficient (Wildman–Crippen LogP) is -0.426. The second-order valence-corrected chi connectivity index (χ2v) is 27.3. The molecule has 0 aliphatic heterocycles. The molecule has 36 heteroatoms. The SMILES string of the molecule is C=C(C)C(=O)NCC(CNC(=O)C(=C)CC(=C)C(=O)OCC(COC(=O)C(=C)CC(=C)C(=O)OCC(COC(=O)C(=C)C)(CP(=O)(O)O)CP(=O)(O)O)(CP(=O)(O)O)CP(=O)(O)O)(CP(=O)(O)O)CP(=O)(O)O. The molecular formula is C37H60N2O28P6. The summed E-state index contributed by atoms with van der Waals surface area (Å²) in [4.78, 5) is 194. The molecule has 14 N–H and O–H groups in total. The van der Waals surface area contributed by atoms with Crippen molar-refractivity contribution in [1.29, 1.82) is 0 Å².